The Kier molecular flexibility index (Phi) is 4.95. The van der Waals surface area contributed by atoms with Gasteiger partial charge in [-0.25, -0.2) is 8.78 Å². The maximum Gasteiger partial charge on any atom is 0.165 e. The highest BCUT2D eigenvalue weighted by molar-refractivity contribution is 5.37. The molecule has 2 rings (SSSR count). The second-order valence-electron chi connectivity index (χ2n) is 4.84. The van der Waals surface area contributed by atoms with Gasteiger partial charge >= 0.3 is 0 Å². The first-order valence-corrected chi connectivity index (χ1v) is 6.66. The van der Waals surface area contributed by atoms with Crippen molar-refractivity contribution in [3.63, 3.8) is 0 Å². The topological polar surface area (TPSA) is 70.5 Å². The van der Waals surface area contributed by atoms with Crippen molar-refractivity contribution in [3.8, 4) is 11.5 Å². The second-order valence-corrected chi connectivity index (χ2v) is 4.84. The highest BCUT2D eigenvalue weighted by Gasteiger charge is 2.20. The van der Waals surface area contributed by atoms with Gasteiger partial charge in [-0.3, -0.25) is 0 Å². The van der Waals surface area contributed by atoms with Gasteiger partial charge in [0.1, 0.15) is 0 Å². The average Bonchev–Trinajstić information content (AvgIpc) is 2.54. The van der Waals surface area contributed by atoms with Gasteiger partial charge in [-0.1, -0.05) is 12.1 Å². The Labute approximate surface area is 127 Å². The lowest BCUT2D eigenvalue weighted by atomic mass is 9.94. The van der Waals surface area contributed by atoms with E-state index in [2.05, 4.69) is 0 Å². The summed E-state index contributed by atoms with van der Waals surface area (Å²) in [7, 11) is 2.75. The summed E-state index contributed by atoms with van der Waals surface area (Å²) in [6, 6.07) is 7.42. The van der Waals surface area contributed by atoms with Crippen LogP contribution >= 0.6 is 0 Å². The van der Waals surface area contributed by atoms with Crippen LogP contribution < -0.4 is 20.9 Å². The molecule has 0 aromatic heterocycles. The summed E-state index contributed by atoms with van der Waals surface area (Å²) in [5.41, 5.74) is 13.5. The molecule has 2 unspecified atom stereocenters. The lowest BCUT2D eigenvalue weighted by Crippen LogP contribution is -2.26. The van der Waals surface area contributed by atoms with Gasteiger partial charge in [-0.2, -0.15) is 0 Å². The molecule has 2 aromatic carbocycles. The van der Waals surface area contributed by atoms with E-state index in [9.17, 15) is 8.78 Å². The van der Waals surface area contributed by atoms with Gasteiger partial charge in [-0.15, -0.1) is 0 Å². The Morgan fingerprint density at radius 3 is 1.45 bits per heavy atom. The highest BCUT2D eigenvalue weighted by Crippen LogP contribution is 2.30. The summed E-state index contributed by atoms with van der Waals surface area (Å²) in [5.74, 6) is -0.764. The molecule has 0 aliphatic heterocycles. The molecule has 118 valence electrons. The van der Waals surface area contributed by atoms with Crippen molar-refractivity contribution >= 4 is 0 Å². The minimum absolute atomic E-state index is 0.0943. The van der Waals surface area contributed by atoms with Crippen LogP contribution in [0.1, 0.15) is 23.2 Å². The molecule has 0 aliphatic carbocycles. The van der Waals surface area contributed by atoms with E-state index < -0.39 is 23.7 Å². The van der Waals surface area contributed by atoms with E-state index in [1.54, 1.807) is 12.1 Å². The number of nitrogens with two attached hydrogens (primary N) is 2. The molecule has 0 saturated carbocycles. The van der Waals surface area contributed by atoms with Crippen molar-refractivity contribution < 1.29 is 18.3 Å². The monoisotopic (exact) mass is 308 g/mol. The van der Waals surface area contributed by atoms with E-state index >= 15 is 0 Å². The fourth-order valence-electron chi connectivity index (χ4n) is 2.18. The third kappa shape index (κ3) is 3.18. The van der Waals surface area contributed by atoms with Gasteiger partial charge in [0.15, 0.2) is 23.1 Å². The third-order valence-electron chi connectivity index (χ3n) is 3.51. The number of hydrogen-bond donors (Lipinski definition) is 2. The van der Waals surface area contributed by atoms with Gasteiger partial charge in [0, 0.05) is 12.1 Å². The van der Waals surface area contributed by atoms with Crippen LogP contribution in [0.3, 0.4) is 0 Å². The van der Waals surface area contributed by atoms with E-state index in [1.807, 2.05) is 0 Å². The standard InChI is InChI=1S/C16H18F2N2O2/c1-21-13-7-9(3-5-11(13)17)15(19)16(20)10-4-6-12(18)14(8-10)22-2/h3-8,15-16H,19-20H2,1-2H3. The number of rotatable bonds is 5. The zero-order valence-corrected chi connectivity index (χ0v) is 12.3. The van der Waals surface area contributed by atoms with Gasteiger partial charge in [0.05, 0.1) is 14.2 Å². The molecule has 0 saturated heterocycles. The molecular formula is C16H18F2N2O2. The van der Waals surface area contributed by atoms with Crippen molar-refractivity contribution in [2.24, 2.45) is 11.5 Å². The van der Waals surface area contributed by atoms with Crippen molar-refractivity contribution in [1.82, 2.24) is 0 Å². The fraction of sp³-hybridized carbons (Fsp3) is 0.250. The summed E-state index contributed by atoms with van der Waals surface area (Å²) in [5, 5.41) is 0. The molecule has 6 heteroatoms. The number of benzene rings is 2. The van der Waals surface area contributed by atoms with Crippen LogP contribution in [0.2, 0.25) is 0 Å². The zero-order chi connectivity index (χ0) is 16.3. The van der Waals surface area contributed by atoms with Crippen molar-refractivity contribution in [3.05, 3.63) is 59.2 Å². The van der Waals surface area contributed by atoms with Crippen LogP contribution in [0.5, 0.6) is 11.5 Å². The first-order chi connectivity index (χ1) is 10.5. The Bertz CT molecular complexity index is 607. The fourth-order valence-corrected chi connectivity index (χ4v) is 2.18. The van der Waals surface area contributed by atoms with Crippen LogP contribution in [-0.2, 0) is 0 Å². The molecule has 22 heavy (non-hydrogen) atoms. The molecule has 0 bridgehead atoms. The molecule has 0 aliphatic rings. The van der Waals surface area contributed by atoms with Crippen LogP contribution in [0.25, 0.3) is 0 Å². The summed E-state index contributed by atoms with van der Waals surface area (Å²) in [4.78, 5) is 0. The summed E-state index contributed by atoms with van der Waals surface area (Å²) >= 11 is 0. The SMILES string of the molecule is COc1cc(C(N)C(N)c2ccc(F)c(OC)c2)ccc1F. The first-order valence-electron chi connectivity index (χ1n) is 6.66. The van der Waals surface area contributed by atoms with Crippen LogP contribution in [-0.4, -0.2) is 14.2 Å². The molecule has 2 aromatic rings. The highest BCUT2D eigenvalue weighted by atomic mass is 19.1. The van der Waals surface area contributed by atoms with E-state index in [0.717, 1.165) is 0 Å². The molecular weight excluding hydrogens is 290 g/mol. The lowest BCUT2D eigenvalue weighted by Gasteiger charge is -2.22. The Hall–Kier alpha value is -2.18. The Morgan fingerprint density at radius 2 is 1.14 bits per heavy atom. The van der Waals surface area contributed by atoms with Crippen molar-refractivity contribution in [2.75, 3.05) is 14.2 Å². The first kappa shape index (κ1) is 16.2. The minimum atomic E-state index is -0.607. The van der Waals surface area contributed by atoms with E-state index in [0.29, 0.717) is 11.1 Å². The molecule has 4 N–H and O–H groups in total. The van der Waals surface area contributed by atoms with Crippen molar-refractivity contribution in [2.45, 2.75) is 12.1 Å². The predicted molar refractivity (Wildman–Crippen MR) is 79.8 cm³/mol. The van der Waals surface area contributed by atoms with E-state index in [4.69, 9.17) is 20.9 Å². The van der Waals surface area contributed by atoms with Crippen molar-refractivity contribution in [1.29, 1.82) is 0 Å². The second kappa shape index (κ2) is 6.72. The van der Waals surface area contributed by atoms with Crippen LogP contribution in [0.15, 0.2) is 36.4 Å². The number of methoxy groups -OCH3 is 2. The largest absolute Gasteiger partial charge is 0.494 e. The van der Waals surface area contributed by atoms with E-state index in [1.165, 1.54) is 38.5 Å². The Balaban J connectivity index is 2.30. The van der Waals surface area contributed by atoms with Gasteiger partial charge in [0.25, 0.3) is 0 Å². The number of halogens is 2. The maximum atomic E-state index is 13.4. The molecule has 4 nitrogen and oxygen atoms in total. The summed E-state index contributed by atoms with van der Waals surface area (Å²) in [6.45, 7) is 0. The normalized spacial score (nSPS) is 13.5. The molecule has 2 atom stereocenters. The molecule has 0 heterocycles. The zero-order valence-electron chi connectivity index (χ0n) is 12.3. The van der Waals surface area contributed by atoms with Gasteiger partial charge in [-0.05, 0) is 35.4 Å². The predicted octanol–water partition coefficient (Wildman–Crippen LogP) is 2.68. The summed E-state index contributed by atoms with van der Waals surface area (Å²) < 4.78 is 36.8. The molecule has 0 spiro atoms. The molecule has 0 radical (unpaired) electrons. The van der Waals surface area contributed by atoms with Crippen LogP contribution in [0, 0.1) is 11.6 Å². The van der Waals surface area contributed by atoms with Crippen LogP contribution in [0.4, 0.5) is 8.78 Å². The number of hydrogen-bond acceptors (Lipinski definition) is 4. The number of ether oxygens (including phenoxy) is 2. The quantitative estimate of drug-likeness (QED) is 0.891. The molecule has 0 amide bonds. The van der Waals surface area contributed by atoms with Gasteiger partial charge < -0.3 is 20.9 Å². The lowest BCUT2D eigenvalue weighted by molar-refractivity contribution is 0.383. The third-order valence-corrected chi connectivity index (χ3v) is 3.51. The minimum Gasteiger partial charge on any atom is -0.494 e. The molecule has 0 fully saturated rings. The maximum absolute atomic E-state index is 13.4. The summed E-state index contributed by atoms with van der Waals surface area (Å²) in [6.07, 6.45) is 0. The Morgan fingerprint density at radius 1 is 0.773 bits per heavy atom. The average molecular weight is 308 g/mol. The van der Waals surface area contributed by atoms with Gasteiger partial charge in [0.2, 0.25) is 0 Å². The van der Waals surface area contributed by atoms with E-state index in [-0.39, 0.29) is 11.5 Å². The smallest absolute Gasteiger partial charge is 0.165 e.